The van der Waals surface area contributed by atoms with Crippen LogP contribution in [-0.2, 0) is 11.0 Å². The van der Waals surface area contributed by atoms with Crippen molar-refractivity contribution in [1.29, 1.82) is 0 Å². The Bertz CT molecular complexity index is 931. The van der Waals surface area contributed by atoms with Gasteiger partial charge in [-0.05, 0) is 25.0 Å². The highest BCUT2D eigenvalue weighted by atomic mass is 19.4. The molecule has 2 amide bonds. The van der Waals surface area contributed by atoms with E-state index < -0.39 is 34.8 Å². The van der Waals surface area contributed by atoms with Crippen LogP contribution in [-0.4, -0.2) is 45.6 Å². The minimum absolute atomic E-state index is 0.00491. The Morgan fingerprint density at radius 2 is 1.80 bits per heavy atom. The van der Waals surface area contributed by atoms with E-state index in [1.54, 1.807) is 18.7 Å². The van der Waals surface area contributed by atoms with Crippen molar-refractivity contribution in [3.63, 3.8) is 0 Å². The first-order chi connectivity index (χ1) is 14.1. The summed E-state index contributed by atoms with van der Waals surface area (Å²) in [6, 6.07) is 4.53. The highest BCUT2D eigenvalue weighted by Crippen LogP contribution is 2.34. The van der Waals surface area contributed by atoms with Crippen molar-refractivity contribution in [2.24, 2.45) is 5.92 Å². The zero-order valence-corrected chi connectivity index (χ0v) is 16.5. The van der Waals surface area contributed by atoms with Gasteiger partial charge in [-0.1, -0.05) is 26.0 Å². The molecule has 0 atom stereocenters. The molecule has 6 nitrogen and oxygen atoms in total. The average Bonchev–Trinajstić information content (AvgIpc) is 3.14. The Hall–Kier alpha value is -2.91. The summed E-state index contributed by atoms with van der Waals surface area (Å²) >= 11 is 0. The molecule has 10 heteroatoms. The molecule has 1 fully saturated rings. The second-order valence-corrected chi connectivity index (χ2v) is 7.50. The third-order valence-electron chi connectivity index (χ3n) is 5.00. The molecule has 2 aromatic rings. The highest BCUT2D eigenvalue weighted by molar-refractivity contribution is 5.95. The zero-order valence-electron chi connectivity index (χ0n) is 16.5. The van der Waals surface area contributed by atoms with Crippen LogP contribution in [0.25, 0.3) is 5.69 Å². The number of halogens is 4. The quantitative estimate of drug-likeness (QED) is 0.762. The van der Waals surface area contributed by atoms with E-state index in [1.807, 2.05) is 0 Å². The number of piperidine rings is 1. The molecule has 1 aliphatic rings. The molecule has 0 unspecified atom stereocenters. The lowest BCUT2D eigenvalue weighted by atomic mass is 10.0. The first-order valence-electron chi connectivity index (χ1n) is 9.59. The number of nitrogens with one attached hydrogen (secondary N) is 1. The van der Waals surface area contributed by atoms with Gasteiger partial charge < -0.3 is 10.2 Å². The van der Waals surface area contributed by atoms with Crippen molar-refractivity contribution >= 4 is 11.8 Å². The number of hydrogen-bond donors (Lipinski definition) is 1. The van der Waals surface area contributed by atoms with Crippen molar-refractivity contribution in [3.05, 3.63) is 47.5 Å². The molecule has 1 N–H and O–H groups in total. The van der Waals surface area contributed by atoms with Crippen LogP contribution in [0.2, 0.25) is 0 Å². The predicted molar refractivity (Wildman–Crippen MR) is 100 cm³/mol. The normalized spacial score (nSPS) is 15.5. The fourth-order valence-corrected chi connectivity index (χ4v) is 3.47. The monoisotopic (exact) mass is 426 g/mol. The third kappa shape index (κ3) is 4.47. The maximum atomic E-state index is 14.0. The topological polar surface area (TPSA) is 67.2 Å². The number of amides is 2. The standard InChI is InChI=1S/C20H22F4N4O2/c1-12(2)19(30)27-9-7-13(8-10-27)26-18(29)14-11-25-28(17(14)20(22,23)24)16-6-4-3-5-15(16)21/h3-6,11-13H,7-10H2,1-2H3,(H,26,29). The molecule has 1 aromatic heterocycles. The van der Waals surface area contributed by atoms with Crippen LogP contribution < -0.4 is 5.32 Å². The molecule has 0 saturated carbocycles. The average molecular weight is 426 g/mol. The Morgan fingerprint density at radius 3 is 2.37 bits per heavy atom. The van der Waals surface area contributed by atoms with Gasteiger partial charge >= 0.3 is 6.18 Å². The minimum atomic E-state index is -4.92. The zero-order chi connectivity index (χ0) is 22.1. The lowest BCUT2D eigenvalue weighted by Gasteiger charge is -2.33. The number of hydrogen-bond acceptors (Lipinski definition) is 3. The molecule has 0 radical (unpaired) electrons. The predicted octanol–water partition coefficient (Wildman–Crippen LogP) is 3.41. The molecule has 3 rings (SSSR count). The number of carbonyl (C=O) groups excluding carboxylic acids is 2. The number of alkyl halides is 3. The smallest absolute Gasteiger partial charge is 0.349 e. The number of para-hydroxylation sites is 1. The Labute approximate surface area is 170 Å². The first kappa shape index (κ1) is 21.8. The molecule has 1 aliphatic heterocycles. The van der Waals surface area contributed by atoms with E-state index in [-0.39, 0.29) is 17.9 Å². The van der Waals surface area contributed by atoms with Gasteiger partial charge in [0.1, 0.15) is 11.5 Å². The summed E-state index contributed by atoms with van der Waals surface area (Å²) in [5.74, 6) is -1.96. The summed E-state index contributed by atoms with van der Waals surface area (Å²) in [6.07, 6.45) is -3.25. The van der Waals surface area contributed by atoms with E-state index in [0.717, 1.165) is 18.3 Å². The van der Waals surface area contributed by atoms with Gasteiger partial charge in [-0.2, -0.15) is 18.3 Å². The lowest BCUT2D eigenvalue weighted by Crippen LogP contribution is -2.47. The summed E-state index contributed by atoms with van der Waals surface area (Å²) in [5, 5.41) is 6.22. The Kier molecular flexibility index (Phi) is 6.14. The molecular formula is C20H22F4N4O2. The highest BCUT2D eigenvalue weighted by Gasteiger charge is 2.41. The van der Waals surface area contributed by atoms with Crippen LogP contribution in [0.5, 0.6) is 0 Å². The molecule has 1 aromatic carbocycles. The fraction of sp³-hybridized carbons (Fsp3) is 0.450. The Balaban J connectivity index is 1.79. The van der Waals surface area contributed by atoms with Gasteiger partial charge in [0.2, 0.25) is 5.91 Å². The van der Waals surface area contributed by atoms with E-state index in [1.165, 1.54) is 12.1 Å². The molecule has 0 spiro atoms. The van der Waals surface area contributed by atoms with Crippen LogP contribution in [0, 0.1) is 11.7 Å². The number of rotatable bonds is 4. The summed E-state index contributed by atoms with van der Waals surface area (Å²) in [4.78, 5) is 26.3. The van der Waals surface area contributed by atoms with Gasteiger partial charge in [-0.25, -0.2) is 9.07 Å². The van der Waals surface area contributed by atoms with E-state index in [2.05, 4.69) is 10.4 Å². The molecule has 0 aliphatic carbocycles. The summed E-state index contributed by atoms with van der Waals surface area (Å²) in [5.41, 5.74) is -2.41. The largest absolute Gasteiger partial charge is 0.434 e. The Morgan fingerprint density at radius 1 is 1.17 bits per heavy atom. The van der Waals surface area contributed by atoms with Gasteiger partial charge in [0.15, 0.2) is 5.69 Å². The molecule has 162 valence electrons. The van der Waals surface area contributed by atoms with Crippen molar-refractivity contribution in [2.75, 3.05) is 13.1 Å². The van der Waals surface area contributed by atoms with E-state index >= 15 is 0 Å². The summed E-state index contributed by atoms with van der Waals surface area (Å²) < 4.78 is 55.5. The molecule has 30 heavy (non-hydrogen) atoms. The lowest BCUT2D eigenvalue weighted by molar-refractivity contribution is -0.143. The molecule has 0 bridgehead atoms. The second kappa shape index (κ2) is 8.45. The van der Waals surface area contributed by atoms with Crippen LogP contribution >= 0.6 is 0 Å². The van der Waals surface area contributed by atoms with Crippen LogP contribution in [0.3, 0.4) is 0 Å². The van der Waals surface area contributed by atoms with Gasteiger partial charge in [-0.3, -0.25) is 9.59 Å². The van der Waals surface area contributed by atoms with Crippen molar-refractivity contribution < 1.29 is 27.2 Å². The fourth-order valence-electron chi connectivity index (χ4n) is 3.47. The van der Waals surface area contributed by atoms with Crippen molar-refractivity contribution in [1.82, 2.24) is 20.0 Å². The van der Waals surface area contributed by atoms with Crippen LogP contribution in [0.15, 0.2) is 30.5 Å². The second-order valence-electron chi connectivity index (χ2n) is 7.50. The van der Waals surface area contributed by atoms with Gasteiger partial charge in [0.25, 0.3) is 5.91 Å². The number of benzene rings is 1. The first-order valence-corrected chi connectivity index (χ1v) is 9.59. The maximum absolute atomic E-state index is 14.0. The number of likely N-dealkylation sites (tertiary alicyclic amines) is 1. The van der Waals surface area contributed by atoms with Crippen LogP contribution in [0.4, 0.5) is 17.6 Å². The van der Waals surface area contributed by atoms with Crippen molar-refractivity contribution in [3.8, 4) is 5.69 Å². The third-order valence-corrected chi connectivity index (χ3v) is 5.00. The van der Waals surface area contributed by atoms with E-state index in [0.29, 0.717) is 30.6 Å². The van der Waals surface area contributed by atoms with E-state index in [4.69, 9.17) is 0 Å². The van der Waals surface area contributed by atoms with Crippen molar-refractivity contribution in [2.45, 2.75) is 38.9 Å². The van der Waals surface area contributed by atoms with E-state index in [9.17, 15) is 27.2 Å². The molecular weight excluding hydrogens is 404 g/mol. The van der Waals surface area contributed by atoms with Gasteiger partial charge in [0.05, 0.1) is 11.8 Å². The SMILES string of the molecule is CC(C)C(=O)N1CCC(NC(=O)c2cnn(-c3ccccc3F)c2C(F)(F)F)CC1. The van der Waals surface area contributed by atoms with Crippen LogP contribution in [0.1, 0.15) is 42.7 Å². The van der Waals surface area contributed by atoms with Gasteiger partial charge in [-0.15, -0.1) is 0 Å². The number of nitrogens with zero attached hydrogens (tertiary/aromatic N) is 3. The number of aromatic nitrogens is 2. The summed E-state index contributed by atoms with van der Waals surface area (Å²) in [6.45, 7) is 4.43. The minimum Gasteiger partial charge on any atom is -0.349 e. The maximum Gasteiger partial charge on any atom is 0.434 e. The van der Waals surface area contributed by atoms with Gasteiger partial charge in [0, 0.05) is 25.0 Å². The molecule has 1 saturated heterocycles. The molecule has 2 heterocycles. The summed E-state index contributed by atoms with van der Waals surface area (Å²) in [7, 11) is 0. The number of carbonyl (C=O) groups is 2.